The minimum atomic E-state index is 0.0243. The largest absolute Gasteiger partial charge is 0.290 e. The standard InChI is InChI=1S/C9H7NO/c11-8-4-3-7-2-1-5-10-9(7)6-8/h2-6H,1H2. The van der Waals surface area contributed by atoms with E-state index in [-0.39, 0.29) is 5.78 Å². The number of carbonyl (C=O) groups excluding carboxylic acids is 1. The van der Waals surface area contributed by atoms with E-state index in [0.29, 0.717) is 0 Å². The predicted octanol–water partition coefficient (Wildman–Crippen LogP) is 1.41. The van der Waals surface area contributed by atoms with Crippen LogP contribution < -0.4 is 0 Å². The molecule has 0 spiro atoms. The summed E-state index contributed by atoms with van der Waals surface area (Å²) in [5.41, 5.74) is 1.86. The Hall–Kier alpha value is -1.44. The maximum atomic E-state index is 10.9. The van der Waals surface area contributed by atoms with Crippen LogP contribution in [-0.4, -0.2) is 12.0 Å². The van der Waals surface area contributed by atoms with Crippen molar-refractivity contribution in [3.8, 4) is 0 Å². The van der Waals surface area contributed by atoms with E-state index in [1.54, 1.807) is 12.2 Å². The van der Waals surface area contributed by atoms with E-state index in [1.807, 2.05) is 12.3 Å². The molecule has 1 heterocycles. The molecule has 0 N–H and O–H groups in total. The van der Waals surface area contributed by atoms with Crippen molar-refractivity contribution in [2.75, 3.05) is 0 Å². The van der Waals surface area contributed by atoms with Gasteiger partial charge in [0, 0.05) is 18.7 Å². The average molecular weight is 145 g/mol. The Morgan fingerprint density at radius 2 is 2.27 bits per heavy atom. The quantitative estimate of drug-likeness (QED) is 0.506. The summed E-state index contributed by atoms with van der Waals surface area (Å²) >= 11 is 0. The van der Waals surface area contributed by atoms with Crippen LogP contribution in [0.1, 0.15) is 6.42 Å². The third-order valence-electron chi connectivity index (χ3n) is 1.68. The van der Waals surface area contributed by atoms with Gasteiger partial charge in [0.25, 0.3) is 0 Å². The van der Waals surface area contributed by atoms with Crippen LogP contribution in [0.4, 0.5) is 0 Å². The minimum Gasteiger partial charge on any atom is -0.290 e. The molecule has 0 saturated carbocycles. The van der Waals surface area contributed by atoms with Crippen molar-refractivity contribution in [3.05, 3.63) is 35.6 Å². The molecule has 11 heavy (non-hydrogen) atoms. The number of hydrogen-bond acceptors (Lipinski definition) is 2. The first-order valence-electron chi connectivity index (χ1n) is 3.53. The van der Waals surface area contributed by atoms with Gasteiger partial charge in [-0.3, -0.25) is 9.79 Å². The van der Waals surface area contributed by atoms with Gasteiger partial charge in [-0.1, -0.05) is 6.08 Å². The highest BCUT2D eigenvalue weighted by Crippen LogP contribution is 2.20. The van der Waals surface area contributed by atoms with Gasteiger partial charge in [0.15, 0.2) is 5.78 Å². The Morgan fingerprint density at radius 1 is 1.36 bits per heavy atom. The number of rotatable bonds is 0. The molecule has 0 bridgehead atoms. The van der Waals surface area contributed by atoms with Gasteiger partial charge < -0.3 is 0 Å². The van der Waals surface area contributed by atoms with Crippen molar-refractivity contribution in [1.29, 1.82) is 0 Å². The van der Waals surface area contributed by atoms with Crippen LogP contribution in [0, 0.1) is 0 Å². The summed E-state index contributed by atoms with van der Waals surface area (Å²) < 4.78 is 0. The minimum absolute atomic E-state index is 0.0243. The van der Waals surface area contributed by atoms with Crippen molar-refractivity contribution in [2.24, 2.45) is 4.99 Å². The number of aliphatic imine (C=N–C) groups is 1. The van der Waals surface area contributed by atoms with Crippen molar-refractivity contribution in [1.82, 2.24) is 0 Å². The lowest BCUT2D eigenvalue weighted by Crippen LogP contribution is -2.00. The first-order valence-corrected chi connectivity index (χ1v) is 3.53. The number of carbonyl (C=O) groups is 1. The summed E-state index contributed by atoms with van der Waals surface area (Å²) in [6.07, 6.45) is 9.67. The molecular weight excluding hydrogens is 138 g/mol. The topological polar surface area (TPSA) is 29.4 Å². The Labute approximate surface area is 64.6 Å². The van der Waals surface area contributed by atoms with Crippen LogP contribution in [0.15, 0.2) is 40.6 Å². The summed E-state index contributed by atoms with van der Waals surface area (Å²) in [5.74, 6) is 0.0243. The molecule has 1 aliphatic heterocycles. The lowest BCUT2D eigenvalue weighted by atomic mass is 10.0. The average Bonchev–Trinajstić information content (AvgIpc) is 2.04. The summed E-state index contributed by atoms with van der Waals surface area (Å²) in [7, 11) is 0. The lowest BCUT2D eigenvalue weighted by molar-refractivity contribution is -0.110. The number of dihydropyridines is 1. The van der Waals surface area contributed by atoms with Crippen molar-refractivity contribution in [3.63, 3.8) is 0 Å². The highest BCUT2D eigenvalue weighted by atomic mass is 16.1. The van der Waals surface area contributed by atoms with Crippen LogP contribution in [-0.2, 0) is 4.79 Å². The smallest absolute Gasteiger partial charge is 0.180 e. The second-order valence-corrected chi connectivity index (χ2v) is 2.47. The molecule has 2 nitrogen and oxygen atoms in total. The van der Waals surface area contributed by atoms with Gasteiger partial charge in [-0.05, 0) is 17.7 Å². The van der Waals surface area contributed by atoms with Crippen molar-refractivity contribution >= 4 is 12.0 Å². The zero-order chi connectivity index (χ0) is 7.68. The fourth-order valence-electron chi connectivity index (χ4n) is 1.14. The summed E-state index contributed by atoms with van der Waals surface area (Å²) in [4.78, 5) is 15.0. The highest BCUT2D eigenvalue weighted by Gasteiger charge is 2.09. The summed E-state index contributed by atoms with van der Waals surface area (Å²) in [6.45, 7) is 0. The molecule has 54 valence electrons. The molecular formula is C9H7NO. The summed E-state index contributed by atoms with van der Waals surface area (Å²) in [5, 5.41) is 0. The van der Waals surface area contributed by atoms with E-state index >= 15 is 0 Å². The van der Waals surface area contributed by atoms with Crippen LogP contribution >= 0.6 is 0 Å². The van der Waals surface area contributed by atoms with Gasteiger partial charge in [-0.15, -0.1) is 0 Å². The van der Waals surface area contributed by atoms with Crippen molar-refractivity contribution in [2.45, 2.75) is 6.42 Å². The fraction of sp³-hybridized carbons (Fsp3) is 0.111. The second-order valence-electron chi connectivity index (χ2n) is 2.47. The predicted molar refractivity (Wildman–Crippen MR) is 43.4 cm³/mol. The molecule has 0 radical (unpaired) electrons. The van der Waals surface area contributed by atoms with Crippen LogP contribution in [0.2, 0.25) is 0 Å². The zero-order valence-corrected chi connectivity index (χ0v) is 5.95. The van der Waals surface area contributed by atoms with E-state index in [4.69, 9.17) is 0 Å². The summed E-state index contributed by atoms with van der Waals surface area (Å²) in [6, 6.07) is 0. The molecule has 0 amide bonds. The monoisotopic (exact) mass is 145 g/mol. The maximum Gasteiger partial charge on any atom is 0.180 e. The van der Waals surface area contributed by atoms with Crippen LogP contribution in [0.3, 0.4) is 0 Å². The molecule has 1 aliphatic carbocycles. The number of nitrogens with zero attached hydrogens (tertiary/aromatic N) is 1. The molecule has 0 aromatic heterocycles. The maximum absolute atomic E-state index is 10.9. The molecule has 0 aromatic carbocycles. The van der Waals surface area contributed by atoms with E-state index in [2.05, 4.69) is 11.1 Å². The van der Waals surface area contributed by atoms with Crippen molar-refractivity contribution < 1.29 is 4.79 Å². The lowest BCUT2D eigenvalue weighted by Gasteiger charge is -2.09. The molecule has 0 atom stereocenters. The third-order valence-corrected chi connectivity index (χ3v) is 1.68. The first kappa shape index (κ1) is 6.28. The second kappa shape index (κ2) is 2.31. The highest BCUT2D eigenvalue weighted by molar-refractivity contribution is 6.02. The molecule has 0 aromatic rings. The Bertz CT molecular complexity index is 318. The van der Waals surface area contributed by atoms with Crippen LogP contribution in [0.25, 0.3) is 0 Å². The number of fused-ring (bicyclic) bond motifs is 1. The normalized spacial score (nSPS) is 20.9. The molecule has 0 saturated heterocycles. The van der Waals surface area contributed by atoms with E-state index in [1.165, 1.54) is 0 Å². The van der Waals surface area contributed by atoms with Gasteiger partial charge in [0.1, 0.15) is 0 Å². The Balaban J connectivity index is 2.44. The van der Waals surface area contributed by atoms with E-state index < -0.39 is 0 Å². The van der Waals surface area contributed by atoms with Gasteiger partial charge in [-0.25, -0.2) is 0 Å². The number of ketones is 1. The molecule has 2 rings (SSSR count). The Morgan fingerprint density at radius 3 is 3.18 bits per heavy atom. The van der Waals surface area contributed by atoms with Gasteiger partial charge in [0.05, 0.1) is 5.70 Å². The molecule has 2 aliphatic rings. The molecule has 0 unspecified atom stereocenters. The molecule has 2 heteroatoms. The molecule has 0 fully saturated rings. The van der Waals surface area contributed by atoms with E-state index in [0.717, 1.165) is 17.7 Å². The third kappa shape index (κ3) is 1.07. The number of allylic oxidation sites excluding steroid dienone is 4. The van der Waals surface area contributed by atoms with E-state index in [9.17, 15) is 4.79 Å². The SMILES string of the molecule is O=C1C=CC2=CCC=NC2=C1. The zero-order valence-electron chi connectivity index (χ0n) is 5.95. The van der Waals surface area contributed by atoms with Crippen LogP contribution in [0.5, 0.6) is 0 Å². The van der Waals surface area contributed by atoms with Gasteiger partial charge in [-0.2, -0.15) is 0 Å². The fourth-order valence-corrected chi connectivity index (χ4v) is 1.14. The Kier molecular flexibility index (Phi) is 1.32. The first-order chi connectivity index (χ1) is 5.36. The number of hydrogen-bond donors (Lipinski definition) is 0. The van der Waals surface area contributed by atoms with Gasteiger partial charge >= 0.3 is 0 Å². The van der Waals surface area contributed by atoms with Gasteiger partial charge in [0.2, 0.25) is 0 Å².